The molecule has 27 heavy (non-hydrogen) atoms. The van der Waals surface area contributed by atoms with Crippen molar-refractivity contribution in [1.29, 1.82) is 0 Å². The first-order chi connectivity index (χ1) is 13.2. The van der Waals surface area contributed by atoms with E-state index in [1.807, 2.05) is 24.3 Å². The number of amides is 1. The largest absolute Gasteiger partial charge is 0.277 e. The number of benzene rings is 1. The highest BCUT2D eigenvalue weighted by molar-refractivity contribution is 5.93. The first-order valence-corrected chi connectivity index (χ1v) is 10.9. The van der Waals surface area contributed by atoms with E-state index in [0.717, 1.165) is 31.2 Å². The molecule has 1 aromatic rings. The first kappa shape index (κ1) is 23.4. The van der Waals surface area contributed by atoms with Gasteiger partial charge in [0.25, 0.3) is 5.91 Å². The second kappa shape index (κ2) is 15.4. The Kier molecular flexibility index (Phi) is 13.4. The molecule has 0 aliphatic heterocycles. The van der Waals surface area contributed by atoms with Crippen LogP contribution in [0.25, 0.3) is 6.08 Å². The number of hydrogen-bond donors (Lipinski definition) is 0. The number of carbonyl (C=O) groups is 1. The zero-order chi connectivity index (χ0) is 19.7. The van der Waals surface area contributed by atoms with E-state index in [9.17, 15) is 4.79 Å². The molecule has 152 valence electrons. The average Bonchev–Trinajstić information content (AvgIpc) is 2.70. The molecule has 1 amide bonds. The summed E-state index contributed by atoms with van der Waals surface area (Å²) in [5, 5.41) is 1.52. The van der Waals surface area contributed by atoms with E-state index in [-0.39, 0.29) is 5.91 Å². The average molecular weight is 374 g/mol. The molecule has 0 saturated carbocycles. The van der Waals surface area contributed by atoms with Gasteiger partial charge in [0, 0.05) is 12.1 Å². The highest BCUT2D eigenvalue weighted by Gasteiger charge is 2.15. The predicted molar refractivity (Wildman–Crippen MR) is 116 cm³/mol. The number of allylic oxidation sites excluding steroid dienone is 1. The van der Waals surface area contributed by atoms with Crippen LogP contribution in [0.1, 0.15) is 101 Å². The zero-order valence-electron chi connectivity index (χ0n) is 17.7. The number of hydrogen-bond acceptors (Lipinski definition) is 2. The first-order valence-electron chi connectivity index (χ1n) is 10.9. The zero-order valence-corrected chi connectivity index (χ0v) is 17.7. The summed E-state index contributed by atoms with van der Waals surface area (Å²) in [4.78, 5) is 18.3. The van der Waals surface area contributed by atoms with Crippen molar-refractivity contribution in [1.82, 2.24) is 5.06 Å². The summed E-state index contributed by atoms with van der Waals surface area (Å²) >= 11 is 0. The van der Waals surface area contributed by atoms with Crippen LogP contribution >= 0.6 is 0 Å². The number of carbonyl (C=O) groups excluding carboxylic acids is 1. The van der Waals surface area contributed by atoms with Crippen molar-refractivity contribution < 1.29 is 9.63 Å². The van der Waals surface area contributed by atoms with Crippen molar-refractivity contribution in [3.05, 3.63) is 41.5 Å². The third-order valence-electron chi connectivity index (χ3n) is 4.58. The van der Waals surface area contributed by atoms with Crippen molar-refractivity contribution in [3.63, 3.8) is 0 Å². The fourth-order valence-electron chi connectivity index (χ4n) is 2.87. The minimum absolute atomic E-state index is 0.0421. The lowest BCUT2D eigenvalue weighted by atomic mass is 10.1. The van der Waals surface area contributed by atoms with Crippen LogP contribution in [0.15, 0.2) is 30.3 Å². The molecule has 1 rings (SSSR count). The van der Waals surface area contributed by atoms with Gasteiger partial charge in [-0.2, -0.15) is 0 Å². The molecule has 3 nitrogen and oxygen atoms in total. The second-order valence-electron chi connectivity index (χ2n) is 7.17. The van der Waals surface area contributed by atoms with Crippen LogP contribution in [-0.4, -0.2) is 24.1 Å². The van der Waals surface area contributed by atoms with E-state index in [2.05, 4.69) is 32.9 Å². The van der Waals surface area contributed by atoms with Gasteiger partial charge in [-0.3, -0.25) is 9.63 Å². The van der Waals surface area contributed by atoms with Gasteiger partial charge in [0.15, 0.2) is 0 Å². The molecular formula is C24H39NO2. The Labute approximate surface area is 166 Å². The van der Waals surface area contributed by atoms with E-state index in [1.165, 1.54) is 43.6 Å². The molecule has 0 radical (unpaired) electrons. The normalized spacial score (nSPS) is 11.2. The fourth-order valence-corrected chi connectivity index (χ4v) is 2.87. The van der Waals surface area contributed by atoms with Gasteiger partial charge < -0.3 is 0 Å². The van der Waals surface area contributed by atoms with E-state index < -0.39 is 0 Å². The molecular weight excluding hydrogens is 334 g/mol. The summed E-state index contributed by atoms with van der Waals surface area (Å²) in [5.74, 6) is -0.0421. The standard InChI is InChI=1S/C24H39NO2/c1-4-7-9-10-11-12-13-14-15-22-16-18-23(19-17-22)24(26)25(20-8-5-2)27-21-6-3/h14-19H,4-13,20-21H2,1-3H3. The van der Waals surface area contributed by atoms with Crippen molar-refractivity contribution in [3.8, 4) is 0 Å². The van der Waals surface area contributed by atoms with Crippen LogP contribution in [-0.2, 0) is 4.84 Å². The molecule has 0 fully saturated rings. The summed E-state index contributed by atoms with van der Waals surface area (Å²) in [6.45, 7) is 7.65. The van der Waals surface area contributed by atoms with Crippen LogP contribution < -0.4 is 0 Å². The fraction of sp³-hybridized carbons (Fsp3) is 0.625. The van der Waals surface area contributed by atoms with Gasteiger partial charge in [-0.25, -0.2) is 5.06 Å². The van der Waals surface area contributed by atoms with Gasteiger partial charge in [-0.15, -0.1) is 0 Å². The minimum Gasteiger partial charge on any atom is -0.271 e. The predicted octanol–water partition coefficient (Wildman–Crippen LogP) is 7.03. The Balaban J connectivity index is 2.46. The maximum atomic E-state index is 12.7. The summed E-state index contributed by atoms with van der Waals surface area (Å²) in [7, 11) is 0. The topological polar surface area (TPSA) is 29.5 Å². The van der Waals surface area contributed by atoms with Crippen LogP contribution in [0.2, 0.25) is 0 Å². The summed E-state index contributed by atoms with van der Waals surface area (Å²) in [6.07, 6.45) is 16.4. The van der Waals surface area contributed by atoms with E-state index in [1.54, 1.807) is 0 Å². The minimum atomic E-state index is -0.0421. The Hall–Kier alpha value is -1.61. The monoisotopic (exact) mass is 373 g/mol. The third-order valence-corrected chi connectivity index (χ3v) is 4.58. The summed E-state index contributed by atoms with van der Waals surface area (Å²) in [5.41, 5.74) is 1.84. The van der Waals surface area contributed by atoms with Crippen molar-refractivity contribution in [2.75, 3.05) is 13.2 Å². The van der Waals surface area contributed by atoms with Crippen LogP contribution in [0.4, 0.5) is 0 Å². The quantitative estimate of drug-likeness (QED) is 0.244. The lowest BCUT2D eigenvalue weighted by Gasteiger charge is -2.21. The van der Waals surface area contributed by atoms with Gasteiger partial charge in [-0.1, -0.05) is 83.6 Å². The van der Waals surface area contributed by atoms with E-state index in [4.69, 9.17) is 4.84 Å². The molecule has 0 aromatic heterocycles. The molecule has 0 aliphatic carbocycles. The SMILES string of the molecule is CCCCCCCCC=Cc1ccc(C(=O)N(CCCC)OCCC)cc1. The van der Waals surface area contributed by atoms with Crippen molar-refractivity contribution in [2.45, 2.75) is 85.0 Å². The maximum Gasteiger partial charge on any atom is 0.277 e. The van der Waals surface area contributed by atoms with Crippen LogP contribution in [0.3, 0.4) is 0 Å². The lowest BCUT2D eigenvalue weighted by Crippen LogP contribution is -2.32. The Bertz CT molecular complexity index is 514. The van der Waals surface area contributed by atoms with Crippen LogP contribution in [0, 0.1) is 0 Å². The van der Waals surface area contributed by atoms with Crippen LogP contribution in [0.5, 0.6) is 0 Å². The van der Waals surface area contributed by atoms with Gasteiger partial charge in [0.05, 0.1) is 6.61 Å². The second-order valence-corrected chi connectivity index (χ2v) is 7.17. The van der Waals surface area contributed by atoms with Crippen molar-refractivity contribution in [2.24, 2.45) is 0 Å². The maximum absolute atomic E-state index is 12.7. The number of unbranched alkanes of at least 4 members (excludes halogenated alkanes) is 7. The van der Waals surface area contributed by atoms with Gasteiger partial charge in [-0.05, 0) is 43.4 Å². The molecule has 0 N–H and O–H groups in total. The van der Waals surface area contributed by atoms with E-state index >= 15 is 0 Å². The molecule has 0 aliphatic rings. The highest BCUT2D eigenvalue weighted by atomic mass is 16.7. The molecule has 0 spiro atoms. The van der Waals surface area contributed by atoms with E-state index in [0.29, 0.717) is 18.7 Å². The Morgan fingerprint density at radius 3 is 2.22 bits per heavy atom. The molecule has 1 aromatic carbocycles. The number of nitrogens with zero attached hydrogens (tertiary/aromatic N) is 1. The molecule has 0 heterocycles. The van der Waals surface area contributed by atoms with Gasteiger partial charge >= 0.3 is 0 Å². The van der Waals surface area contributed by atoms with Crippen molar-refractivity contribution >= 4 is 12.0 Å². The van der Waals surface area contributed by atoms with Gasteiger partial charge in [0.2, 0.25) is 0 Å². The smallest absolute Gasteiger partial charge is 0.271 e. The van der Waals surface area contributed by atoms with Gasteiger partial charge in [0.1, 0.15) is 0 Å². The lowest BCUT2D eigenvalue weighted by molar-refractivity contribution is -0.123. The number of rotatable bonds is 15. The Morgan fingerprint density at radius 2 is 1.56 bits per heavy atom. The molecule has 3 heteroatoms. The molecule has 0 saturated heterocycles. The summed E-state index contributed by atoms with van der Waals surface area (Å²) in [6, 6.07) is 7.84. The number of hydroxylamine groups is 2. The highest BCUT2D eigenvalue weighted by Crippen LogP contribution is 2.12. The summed E-state index contributed by atoms with van der Waals surface area (Å²) < 4.78 is 0. The molecule has 0 bridgehead atoms. The third kappa shape index (κ3) is 10.3. The molecule has 0 unspecified atom stereocenters. The molecule has 0 atom stereocenters. The Morgan fingerprint density at radius 1 is 0.889 bits per heavy atom.